The standard InChI is InChI=1S/C11H19F3N2O4S/c1-10(2)5-7(20-8(10)9(15)17)6-16-21(18,19)4-3-11(12,13)14/h7-8,16H,3-6H2,1-2H3,(H2,15,17). The summed E-state index contributed by atoms with van der Waals surface area (Å²) in [6.45, 7) is 3.31. The predicted molar refractivity (Wildman–Crippen MR) is 68.7 cm³/mol. The van der Waals surface area contributed by atoms with Gasteiger partial charge in [0, 0.05) is 12.0 Å². The Kier molecular flexibility index (Phi) is 5.27. The Balaban J connectivity index is 2.51. The van der Waals surface area contributed by atoms with Crippen LogP contribution in [0.3, 0.4) is 0 Å². The average molecular weight is 332 g/mol. The number of carbonyl (C=O) groups excluding carboxylic acids is 1. The van der Waals surface area contributed by atoms with Crippen LogP contribution in [0, 0.1) is 5.41 Å². The van der Waals surface area contributed by atoms with E-state index in [1.807, 2.05) is 0 Å². The second-order valence-electron chi connectivity index (χ2n) is 5.77. The van der Waals surface area contributed by atoms with Gasteiger partial charge in [0.2, 0.25) is 15.9 Å². The number of hydrogen-bond donors (Lipinski definition) is 2. The first-order valence-corrected chi connectivity index (χ1v) is 7.96. The van der Waals surface area contributed by atoms with E-state index in [0.29, 0.717) is 6.42 Å². The molecular formula is C11H19F3N2O4S. The van der Waals surface area contributed by atoms with Crippen molar-refractivity contribution in [3.05, 3.63) is 0 Å². The van der Waals surface area contributed by atoms with E-state index < -0.39 is 51.9 Å². The minimum absolute atomic E-state index is 0.187. The number of carbonyl (C=O) groups is 1. The van der Waals surface area contributed by atoms with E-state index >= 15 is 0 Å². The van der Waals surface area contributed by atoms with Crippen LogP contribution < -0.4 is 10.5 Å². The highest BCUT2D eigenvalue weighted by Gasteiger charge is 2.45. The molecule has 0 radical (unpaired) electrons. The number of nitrogens with two attached hydrogens (primary N) is 1. The van der Waals surface area contributed by atoms with Crippen molar-refractivity contribution in [1.82, 2.24) is 4.72 Å². The molecule has 2 atom stereocenters. The lowest BCUT2D eigenvalue weighted by molar-refractivity contribution is -0.132. The zero-order chi connectivity index (χ0) is 16.5. The van der Waals surface area contributed by atoms with E-state index in [1.165, 1.54) is 0 Å². The Labute approximate surface area is 121 Å². The van der Waals surface area contributed by atoms with Crippen molar-refractivity contribution in [1.29, 1.82) is 0 Å². The molecule has 2 unspecified atom stereocenters. The molecule has 1 aliphatic heterocycles. The van der Waals surface area contributed by atoms with Crippen molar-refractivity contribution in [2.45, 2.75) is 45.1 Å². The first kappa shape index (κ1) is 18.2. The average Bonchev–Trinajstić information content (AvgIpc) is 2.59. The van der Waals surface area contributed by atoms with Crippen LogP contribution in [0.2, 0.25) is 0 Å². The van der Waals surface area contributed by atoms with Gasteiger partial charge < -0.3 is 10.5 Å². The number of alkyl halides is 3. The van der Waals surface area contributed by atoms with Gasteiger partial charge in [-0.2, -0.15) is 13.2 Å². The number of hydrogen-bond acceptors (Lipinski definition) is 4. The molecule has 0 spiro atoms. The number of nitrogens with one attached hydrogen (secondary N) is 1. The molecule has 1 aliphatic rings. The van der Waals surface area contributed by atoms with Crippen LogP contribution in [0.5, 0.6) is 0 Å². The number of rotatable bonds is 6. The largest absolute Gasteiger partial charge is 0.390 e. The van der Waals surface area contributed by atoms with Crippen molar-refractivity contribution in [3.8, 4) is 0 Å². The number of ether oxygens (including phenoxy) is 1. The van der Waals surface area contributed by atoms with E-state index in [-0.39, 0.29) is 6.54 Å². The van der Waals surface area contributed by atoms with Gasteiger partial charge in [0.05, 0.1) is 18.3 Å². The van der Waals surface area contributed by atoms with Crippen LogP contribution in [0.15, 0.2) is 0 Å². The van der Waals surface area contributed by atoms with Gasteiger partial charge in [-0.15, -0.1) is 0 Å². The Bertz CT molecular complexity index is 490. The maximum atomic E-state index is 12.0. The monoisotopic (exact) mass is 332 g/mol. The number of amides is 1. The maximum absolute atomic E-state index is 12.0. The van der Waals surface area contributed by atoms with Crippen molar-refractivity contribution in [2.75, 3.05) is 12.3 Å². The molecule has 124 valence electrons. The summed E-state index contributed by atoms with van der Waals surface area (Å²) in [5, 5.41) is 0. The van der Waals surface area contributed by atoms with E-state index in [9.17, 15) is 26.4 Å². The third-order valence-electron chi connectivity index (χ3n) is 3.24. The van der Waals surface area contributed by atoms with Crippen LogP contribution in [0.25, 0.3) is 0 Å². The molecule has 1 heterocycles. The minimum atomic E-state index is -4.53. The lowest BCUT2D eigenvalue weighted by Gasteiger charge is -2.21. The van der Waals surface area contributed by atoms with Crippen LogP contribution >= 0.6 is 0 Å². The number of sulfonamides is 1. The van der Waals surface area contributed by atoms with E-state index in [2.05, 4.69) is 4.72 Å². The van der Waals surface area contributed by atoms with Crippen molar-refractivity contribution in [3.63, 3.8) is 0 Å². The van der Waals surface area contributed by atoms with Crippen molar-refractivity contribution < 1.29 is 31.1 Å². The summed E-state index contributed by atoms with van der Waals surface area (Å²) >= 11 is 0. The second-order valence-corrected chi connectivity index (χ2v) is 7.69. The normalized spacial score (nSPS) is 26.0. The fourth-order valence-electron chi connectivity index (χ4n) is 2.23. The van der Waals surface area contributed by atoms with E-state index in [4.69, 9.17) is 10.5 Å². The summed E-state index contributed by atoms with van der Waals surface area (Å²) in [6.07, 6.45) is -7.01. The highest BCUT2D eigenvalue weighted by Crippen LogP contribution is 2.37. The van der Waals surface area contributed by atoms with Gasteiger partial charge in [0.25, 0.3) is 0 Å². The van der Waals surface area contributed by atoms with E-state index in [0.717, 1.165) is 0 Å². The third kappa shape index (κ3) is 5.79. The lowest BCUT2D eigenvalue weighted by atomic mass is 9.84. The summed E-state index contributed by atoms with van der Waals surface area (Å²) in [6, 6.07) is 0. The Morgan fingerprint density at radius 2 is 2.00 bits per heavy atom. The van der Waals surface area contributed by atoms with Gasteiger partial charge >= 0.3 is 6.18 Å². The third-order valence-corrected chi connectivity index (χ3v) is 4.58. The highest BCUT2D eigenvalue weighted by atomic mass is 32.2. The van der Waals surface area contributed by atoms with Gasteiger partial charge in [-0.3, -0.25) is 4.79 Å². The Morgan fingerprint density at radius 3 is 2.43 bits per heavy atom. The molecule has 0 aromatic carbocycles. The summed E-state index contributed by atoms with van der Waals surface area (Å²) in [5.41, 5.74) is 4.64. The van der Waals surface area contributed by atoms with Gasteiger partial charge in [-0.05, 0) is 6.42 Å². The molecule has 1 saturated heterocycles. The molecule has 1 rings (SSSR count). The molecule has 3 N–H and O–H groups in total. The zero-order valence-electron chi connectivity index (χ0n) is 11.7. The molecule has 1 amide bonds. The Hall–Kier alpha value is -0.870. The molecule has 0 aromatic rings. The summed E-state index contributed by atoms with van der Waals surface area (Å²) in [7, 11) is -4.04. The first-order valence-electron chi connectivity index (χ1n) is 6.31. The van der Waals surface area contributed by atoms with Gasteiger partial charge in [-0.1, -0.05) is 13.8 Å². The van der Waals surface area contributed by atoms with Crippen LogP contribution in [-0.4, -0.2) is 45.0 Å². The molecule has 0 saturated carbocycles. The molecule has 10 heteroatoms. The van der Waals surface area contributed by atoms with Crippen LogP contribution in [-0.2, 0) is 19.6 Å². The predicted octanol–water partition coefficient (Wildman–Crippen LogP) is 0.527. The molecule has 6 nitrogen and oxygen atoms in total. The molecular weight excluding hydrogens is 313 g/mol. The smallest absolute Gasteiger partial charge is 0.367 e. The first-order chi connectivity index (χ1) is 9.32. The highest BCUT2D eigenvalue weighted by molar-refractivity contribution is 7.89. The van der Waals surface area contributed by atoms with E-state index in [1.54, 1.807) is 13.8 Å². The van der Waals surface area contributed by atoms with Crippen LogP contribution in [0.4, 0.5) is 13.2 Å². The molecule has 21 heavy (non-hydrogen) atoms. The summed E-state index contributed by atoms with van der Waals surface area (Å²) in [4.78, 5) is 11.2. The second kappa shape index (κ2) is 6.09. The fraction of sp³-hybridized carbons (Fsp3) is 0.909. The van der Waals surface area contributed by atoms with Crippen LogP contribution in [0.1, 0.15) is 26.7 Å². The summed E-state index contributed by atoms with van der Waals surface area (Å²) in [5.74, 6) is -1.69. The van der Waals surface area contributed by atoms with Gasteiger partial charge in [-0.25, -0.2) is 13.1 Å². The number of halogens is 3. The molecule has 1 fully saturated rings. The van der Waals surface area contributed by atoms with Gasteiger partial charge in [0.15, 0.2) is 0 Å². The quantitative estimate of drug-likeness (QED) is 0.741. The molecule has 0 aromatic heterocycles. The van der Waals surface area contributed by atoms with Crippen molar-refractivity contribution in [2.24, 2.45) is 11.1 Å². The number of primary amides is 1. The maximum Gasteiger partial charge on any atom is 0.390 e. The SMILES string of the molecule is CC1(C)CC(CNS(=O)(=O)CCC(F)(F)F)OC1C(N)=O. The van der Waals surface area contributed by atoms with Gasteiger partial charge in [0.1, 0.15) is 6.10 Å². The fourth-order valence-corrected chi connectivity index (χ4v) is 3.32. The minimum Gasteiger partial charge on any atom is -0.367 e. The Morgan fingerprint density at radius 1 is 1.43 bits per heavy atom. The summed E-state index contributed by atoms with van der Waals surface area (Å²) < 4.78 is 66.3. The lowest BCUT2D eigenvalue weighted by Crippen LogP contribution is -2.38. The molecule has 0 aliphatic carbocycles. The van der Waals surface area contributed by atoms with Crippen molar-refractivity contribution >= 4 is 15.9 Å². The molecule has 0 bridgehead atoms. The topological polar surface area (TPSA) is 98.5 Å². The zero-order valence-corrected chi connectivity index (χ0v) is 12.6.